The average molecular weight is 366 g/mol. The van der Waals surface area contributed by atoms with E-state index in [9.17, 15) is 4.79 Å². The second kappa shape index (κ2) is 8.48. The molecule has 7 heteroatoms. The maximum absolute atomic E-state index is 12.3. The lowest BCUT2D eigenvalue weighted by Gasteiger charge is -2.16. The molecule has 2 aromatic carbocycles. The van der Waals surface area contributed by atoms with E-state index in [1.807, 2.05) is 0 Å². The van der Waals surface area contributed by atoms with Gasteiger partial charge in [-0.15, -0.1) is 0 Å². The SMILES string of the molecule is COc1cc(OC)cc(OC(C)C(=O)Nc2ccc(OC)c(Cl)c2)c1. The predicted molar refractivity (Wildman–Crippen MR) is 96.3 cm³/mol. The minimum absolute atomic E-state index is 0.317. The van der Waals surface area contributed by atoms with E-state index in [0.717, 1.165) is 0 Å². The lowest BCUT2D eigenvalue weighted by Crippen LogP contribution is -2.30. The zero-order valence-electron chi connectivity index (χ0n) is 14.5. The first-order valence-electron chi connectivity index (χ1n) is 7.51. The van der Waals surface area contributed by atoms with Crippen LogP contribution in [0.2, 0.25) is 5.02 Å². The van der Waals surface area contributed by atoms with Crippen molar-refractivity contribution in [2.45, 2.75) is 13.0 Å². The van der Waals surface area contributed by atoms with Crippen molar-refractivity contribution in [3.63, 3.8) is 0 Å². The molecule has 1 amide bonds. The summed E-state index contributed by atoms with van der Waals surface area (Å²) in [5.74, 6) is 1.83. The van der Waals surface area contributed by atoms with Gasteiger partial charge in [-0.1, -0.05) is 11.6 Å². The summed E-state index contributed by atoms with van der Waals surface area (Å²) in [5.41, 5.74) is 0.550. The highest BCUT2D eigenvalue weighted by atomic mass is 35.5. The Bertz CT molecular complexity index is 728. The van der Waals surface area contributed by atoms with E-state index in [0.29, 0.717) is 33.7 Å². The quantitative estimate of drug-likeness (QED) is 0.809. The smallest absolute Gasteiger partial charge is 0.265 e. The van der Waals surface area contributed by atoms with Gasteiger partial charge in [-0.2, -0.15) is 0 Å². The first-order chi connectivity index (χ1) is 12.0. The van der Waals surface area contributed by atoms with Crippen molar-refractivity contribution in [3.8, 4) is 23.0 Å². The Balaban J connectivity index is 2.06. The molecule has 0 fully saturated rings. The molecule has 0 bridgehead atoms. The van der Waals surface area contributed by atoms with Gasteiger partial charge in [0, 0.05) is 23.9 Å². The second-order valence-electron chi connectivity index (χ2n) is 5.15. The number of carbonyl (C=O) groups excluding carboxylic acids is 1. The van der Waals surface area contributed by atoms with Gasteiger partial charge in [0.05, 0.1) is 26.4 Å². The highest BCUT2D eigenvalue weighted by Crippen LogP contribution is 2.29. The van der Waals surface area contributed by atoms with Crippen LogP contribution in [0.15, 0.2) is 36.4 Å². The van der Waals surface area contributed by atoms with Crippen LogP contribution in [0.1, 0.15) is 6.92 Å². The van der Waals surface area contributed by atoms with Gasteiger partial charge in [0.25, 0.3) is 5.91 Å². The Labute approximate surface area is 151 Å². The van der Waals surface area contributed by atoms with Crippen LogP contribution in [0.5, 0.6) is 23.0 Å². The van der Waals surface area contributed by atoms with Gasteiger partial charge in [-0.05, 0) is 25.1 Å². The Hall–Kier alpha value is -2.60. The van der Waals surface area contributed by atoms with E-state index in [1.54, 1.807) is 57.5 Å². The standard InChI is InChI=1S/C18H20ClNO5/c1-11(25-15-9-13(22-2)8-14(10-15)23-3)18(21)20-12-5-6-17(24-4)16(19)7-12/h5-11H,1-4H3,(H,20,21). The molecular weight excluding hydrogens is 346 g/mol. The molecule has 0 saturated heterocycles. The van der Waals surface area contributed by atoms with Crippen LogP contribution in [0, 0.1) is 0 Å². The number of anilines is 1. The number of halogens is 1. The zero-order chi connectivity index (χ0) is 18.4. The van der Waals surface area contributed by atoms with Crippen LogP contribution < -0.4 is 24.3 Å². The number of benzene rings is 2. The van der Waals surface area contributed by atoms with Gasteiger partial charge in [0.15, 0.2) is 6.10 Å². The molecule has 2 rings (SSSR count). The number of amides is 1. The number of hydrogen-bond acceptors (Lipinski definition) is 5. The molecule has 2 aromatic rings. The molecule has 1 atom stereocenters. The molecule has 0 heterocycles. The van der Waals surface area contributed by atoms with E-state index in [1.165, 1.54) is 7.11 Å². The second-order valence-corrected chi connectivity index (χ2v) is 5.55. The minimum Gasteiger partial charge on any atom is -0.496 e. The van der Waals surface area contributed by atoms with Crippen LogP contribution in [-0.4, -0.2) is 33.3 Å². The molecule has 6 nitrogen and oxygen atoms in total. The van der Waals surface area contributed by atoms with E-state index in [4.69, 9.17) is 30.5 Å². The van der Waals surface area contributed by atoms with Crippen molar-refractivity contribution in [3.05, 3.63) is 41.4 Å². The summed E-state index contributed by atoms with van der Waals surface area (Å²) in [7, 11) is 4.61. The Morgan fingerprint density at radius 3 is 2.08 bits per heavy atom. The average Bonchev–Trinajstić information content (AvgIpc) is 2.61. The summed E-state index contributed by atoms with van der Waals surface area (Å²) in [6.45, 7) is 1.65. The molecule has 134 valence electrons. The van der Waals surface area contributed by atoms with Crippen molar-refractivity contribution in [2.24, 2.45) is 0 Å². The van der Waals surface area contributed by atoms with E-state index in [2.05, 4.69) is 5.32 Å². The summed E-state index contributed by atoms with van der Waals surface area (Å²) in [5, 5.41) is 3.15. The van der Waals surface area contributed by atoms with Crippen LogP contribution >= 0.6 is 11.6 Å². The minimum atomic E-state index is -0.738. The van der Waals surface area contributed by atoms with E-state index in [-0.39, 0.29) is 5.91 Å². The summed E-state index contributed by atoms with van der Waals surface area (Å²) in [6.07, 6.45) is -0.738. The molecule has 25 heavy (non-hydrogen) atoms. The van der Waals surface area contributed by atoms with Gasteiger partial charge in [0.1, 0.15) is 23.0 Å². The number of rotatable bonds is 7. The summed E-state index contributed by atoms with van der Waals surface area (Å²) in [6, 6.07) is 10.1. The topological polar surface area (TPSA) is 66.0 Å². The molecule has 0 radical (unpaired) electrons. The maximum Gasteiger partial charge on any atom is 0.265 e. The van der Waals surface area contributed by atoms with Gasteiger partial charge >= 0.3 is 0 Å². The number of methoxy groups -OCH3 is 3. The Kier molecular flexibility index (Phi) is 6.36. The van der Waals surface area contributed by atoms with Crippen LogP contribution in [0.3, 0.4) is 0 Å². The monoisotopic (exact) mass is 365 g/mol. The molecule has 1 unspecified atom stereocenters. The Morgan fingerprint density at radius 1 is 0.960 bits per heavy atom. The van der Waals surface area contributed by atoms with Crippen molar-refractivity contribution < 1.29 is 23.7 Å². The highest BCUT2D eigenvalue weighted by Gasteiger charge is 2.16. The highest BCUT2D eigenvalue weighted by molar-refractivity contribution is 6.32. The third-order valence-electron chi connectivity index (χ3n) is 3.43. The van der Waals surface area contributed by atoms with Gasteiger partial charge in [0.2, 0.25) is 0 Å². The number of ether oxygens (including phenoxy) is 4. The van der Waals surface area contributed by atoms with Crippen molar-refractivity contribution in [1.29, 1.82) is 0 Å². The largest absolute Gasteiger partial charge is 0.496 e. The molecule has 0 spiro atoms. The van der Waals surface area contributed by atoms with Crippen LogP contribution in [0.25, 0.3) is 0 Å². The molecule has 1 N–H and O–H groups in total. The fraction of sp³-hybridized carbons (Fsp3) is 0.278. The summed E-state index contributed by atoms with van der Waals surface area (Å²) >= 11 is 6.05. The predicted octanol–water partition coefficient (Wildman–Crippen LogP) is 3.77. The fourth-order valence-corrected chi connectivity index (χ4v) is 2.35. The molecule has 0 aliphatic rings. The van der Waals surface area contributed by atoms with E-state index >= 15 is 0 Å². The summed E-state index contributed by atoms with van der Waals surface area (Å²) < 4.78 is 21.1. The van der Waals surface area contributed by atoms with Gasteiger partial charge in [-0.25, -0.2) is 0 Å². The normalized spacial score (nSPS) is 11.4. The van der Waals surface area contributed by atoms with Gasteiger partial charge < -0.3 is 24.3 Å². The van der Waals surface area contributed by atoms with E-state index < -0.39 is 6.10 Å². The summed E-state index contributed by atoms with van der Waals surface area (Å²) in [4.78, 5) is 12.3. The number of carbonyl (C=O) groups is 1. The van der Waals surface area contributed by atoms with Crippen molar-refractivity contribution in [2.75, 3.05) is 26.6 Å². The van der Waals surface area contributed by atoms with Gasteiger partial charge in [-0.3, -0.25) is 4.79 Å². The molecule has 0 aliphatic carbocycles. The zero-order valence-corrected chi connectivity index (χ0v) is 15.2. The lowest BCUT2D eigenvalue weighted by molar-refractivity contribution is -0.122. The first kappa shape index (κ1) is 18.7. The molecule has 0 saturated carbocycles. The molecular formula is C18H20ClNO5. The lowest BCUT2D eigenvalue weighted by atomic mass is 10.2. The first-order valence-corrected chi connectivity index (χ1v) is 7.88. The van der Waals surface area contributed by atoms with Crippen molar-refractivity contribution in [1.82, 2.24) is 0 Å². The van der Waals surface area contributed by atoms with Crippen molar-refractivity contribution >= 4 is 23.2 Å². The van der Waals surface area contributed by atoms with Crippen LogP contribution in [-0.2, 0) is 4.79 Å². The third-order valence-corrected chi connectivity index (χ3v) is 3.72. The van der Waals surface area contributed by atoms with Crippen LogP contribution in [0.4, 0.5) is 5.69 Å². The molecule has 0 aromatic heterocycles. The number of hydrogen-bond donors (Lipinski definition) is 1. The molecule has 0 aliphatic heterocycles. The third kappa shape index (κ3) is 4.93. The number of nitrogens with one attached hydrogen (secondary N) is 1. The maximum atomic E-state index is 12.3. The Morgan fingerprint density at radius 2 is 1.56 bits per heavy atom. The fourth-order valence-electron chi connectivity index (χ4n) is 2.10.